The Balaban J connectivity index is 1.25. The number of benzene rings is 4. The second kappa shape index (κ2) is 11.4. The number of anilines is 3. The van der Waals surface area contributed by atoms with Gasteiger partial charge >= 0.3 is 0 Å². The molecule has 0 saturated heterocycles. The summed E-state index contributed by atoms with van der Waals surface area (Å²) in [7, 11) is 2.10. The Bertz CT molecular complexity index is 1620. The predicted octanol–water partition coefficient (Wildman–Crippen LogP) is 9.03. The van der Waals surface area contributed by atoms with Crippen molar-refractivity contribution in [2.75, 3.05) is 23.8 Å². The minimum Gasteiger partial charge on any atom is -0.344 e. The second-order valence-corrected chi connectivity index (χ2v) is 11.0. The van der Waals surface area contributed by atoms with Crippen molar-refractivity contribution in [1.82, 2.24) is 9.97 Å². The maximum atomic E-state index is 5.04. The fourth-order valence-electron chi connectivity index (χ4n) is 5.82. The first kappa shape index (κ1) is 25.8. The third-order valence-electron chi connectivity index (χ3n) is 7.94. The van der Waals surface area contributed by atoms with Gasteiger partial charge in [0.1, 0.15) is 5.82 Å². The van der Waals surface area contributed by atoms with E-state index in [1.165, 1.54) is 27.8 Å². The fourth-order valence-corrected chi connectivity index (χ4v) is 5.82. The average molecular weight is 525 g/mol. The molecule has 0 radical (unpaired) electrons. The molecule has 0 amide bonds. The summed E-state index contributed by atoms with van der Waals surface area (Å²) in [5.74, 6) is 2.36. The molecule has 4 nitrogen and oxygen atoms in total. The molecular formula is C36H36N4. The Labute approximate surface area is 237 Å². The van der Waals surface area contributed by atoms with E-state index in [4.69, 9.17) is 9.97 Å². The van der Waals surface area contributed by atoms with Crippen LogP contribution < -0.4 is 10.2 Å². The minimum atomic E-state index is 0.359. The number of aromatic nitrogens is 2. The highest BCUT2D eigenvalue weighted by molar-refractivity contribution is 5.92. The van der Waals surface area contributed by atoms with Gasteiger partial charge in [0.05, 0.1) is 5.52 Å². The van der Waals surface area contributed by atoms with E-state index in [1.807, 2.05) is 12.1 Å². The third-order valence-corrected chi connectivity index (χ3v) is 7.94. The van der Waals surface area contributed by atoms with E-state index in [0.717, 1.165) is 47.7 Å². The molecule has 0 fully saturated rings. The van der Waals surface area contributed by atoms with Gasteiger partial charge in [0.25, 0.3) is 0 Å². The highest BCUT2D eigenvalue weighted by atomic mass is 15.2. The quantitative estimate of drug-likeness (QED) is 0.220. The minimum absolute atomic E-state index is 0.359. The summed E-state index contributed by atoms with van der Waals surface area (Å²) >= 11 is 0. The number of para-hydroxylation sites is 2. The summed E-state index contributed by atoms with van der Waals surface area (Å²) in [5.41, 5.74) is 8.75. The molecule has 1 aliphatic carbocycles. The molecule has 0 spiro atoms. The van der Waals surface area contributed by atoms with Crippen LogP contribution in [0.5, 0.6) is 0 Å². The molecule has 0 saturated carbocycles. The van der Waals surface area contributed by atoms with Gasteiger partial charge < -0.3 is 10.2 Å². The van der Waals surface area contributed by atoms with Gasteiger partial charge in [-0.1, -0.05) is 105 Å². The molecule has 1 aliphatic rings. The molecule has 5 aromatic rings. The Hall–Kier alpha value is -4.44. The number of fused-ring (bicyclic) bond motifs is 3. The first-order valence-electron chi connectivity index (χ1n) is 14.3. The average Bonchev–Trinajstić information content (AvgIpc) is 3.14. The largest absolute Gasteiger partial charge is 0.344 e. The highest BCUT2D eigenvalue weighted by Crippen LogP contribution is 2.37. The van der Waals surface area contributed by atoms with Crippen molar-refractivity contribution in [1.29, 1.82) is 0 Å². The number of nitrogens with one attached hydrogen (secondary N) is 1. The molecule has 0 aliphatic heterocycles. The summed E-state index contributed by atoms with van der Waals surface area (Å²) in [6, 6.07) is 34.4. The summed E-state index contributed by atoms with van der Waals surface area (Å²) in [4.78, 5) is 12.2. The van der Waals surface area contributed by atoms with Crippen LogP contribution >= 0.6 is 0 Å². The van der Waals surface area contributed by atoms with Gasteiger partial charge in [0.2, 0.25) is 5.95 Å². The molecule has 1 N–H and O–H groups in total. The Morgan fingerprint density at radius 1 is 0.750 bits per heavy atom. The van der Waals surface area contributed by atoms with E-state index in [0.29, 0.717) is 11.8 Å². The van der Waals surface area contributed by atoms with Crippen molar-refractivity contribution in [2.45, 2.75) is 38.5 Å². The van der Waals surface area contributed by atoms with Gasteiger partial charge in [-0.05, 0) is 64.8 Å². The summed E-state index contributed by atoms with van der Waals surface area (Å²) < 4.78 is 0. The van der Waals surface area contributed by atoms with E-state index in [2.05, 4.69) is 128 Å². The monoisotopic (exact) mass is 524 g/mol. The van der Waals surface area contributed by atoms with Crippen LogP contribution in [-0.4, -0.2) is 23.6 Å². The molecule has 0 atom stereocenters. The molecule has 0 bridgehead atoms. The Morgan fingerprint density at radius 3 is 2.10 bits per heavy atom. The maximum Gasteiger partial charge on any atom is 0.227 e. The molecule has 4 heteroatoms. The maximum absolute atomic E-state index is 5.04. The van der Waals surface area contributed by atoms with E-state index in [9.17, 15) is 0 Å². The van der Waals surface area contributed by atoms with Crippen molar-refractivity contribution in [3.05, 3.63) is 125 Å². The molecule has 4 aromatic carbocycles. The lowest BCUT2D eigenvalue weighted by molar-refractivity contribution is 0.650. The lowest BCUT2D eigenvalue weighted by Crippen LogP contribution is -2.22. The summed E-state index contributed by atoms with van der Waals surface area (Å²) in [5, 5.41) is 4.67. The van der Waals surface area contributed by atoms with Gasteiger partial charge in [0.15, 0.2) is 0 Å². The number of hydrogen-bond donors (Lipinski definition) is 1. The zero-order valence-electron chi connectivity index (χ0n) is 23.5. The number of hydrogen-bond acceptors (Lipinski definition) is 4. The van der Waals surface area contributed by atoms with E-state index >= 15 is 0 Å². The van der Waals surface area contributed by atoms with Crippen LogP contribution in [0.2, 0.25) is 0 Å². The standard InChI is InChI=1S/C36H36N4/c1-25(2)28-15-8-10-20-33(28)37-35-32-18-9-11-21-34(32)38-36(39-35)40(3)24-12-19-31-29-16-6-4-13-26(29)22-23-27-14-5-7-17-30(27)31/h4-11,13-18,20-23,25,31H,12,19,24H2,1-3H3,(H,37,38,39). The van der Waals surface area contributed by atoms with Crippen LogP contribution in [-0.2, 0) is 0 Å². The number of nitrogens with zero attached hydrogens (tertiary/aromatic N) is 3. The van der Waals surface area contributed by atoms with Gasteiger partial charge in [0, 0.05) is 30.6 Å². The van der Waals surface area contributed by atoms with Gasteiger partial charge in [-0.3, -0.25) is 0 Å². The first-order chi connectivity index (χ1) is 19.6. The van der Waals surface area contributed by atoms with Crippen molar-refractivity contribution >= 4 is 40.5 Å². The predicted molar refractivity (Wildman–Crippen MR) is 170 cm³/mol. The third kappa shape index (κ3) is 5.22. The van der Waals surface area contributed by atoms with Crippen LogP contribution in [0.15, 0.2) is 97.1 Å². The van der Waals surface area contributed by atoms with Crippen molar-refractivity contribution in [2.24, 2.45) is 0 Å². The lowest BCUT2D eigenvalue weighted by Gasteiger charge is -2.23. The van der Waals surface area contributed by atoms with Crippen LogP contribution in [0.4, 0.5) is 17.5 Å². The lowest BCUT2D eigenvalue weighted by atomic mass is 9.84. The van der Waals surface area contributed by atoms with Gasteiger partial charge in [-0.2, -0.15) is 4.98 Å². The Kier molecular flexibility index (Phi) is 7.33. The molecule has 6 rings (SSSR count). The Morgan fingerprint density at radius 2 is 1.38 bits per heavy atom. The van der Waals surface area contributed by atoms with Gasteiger partial charge in [-0.25, -0.2) is 4.98 Å². The van der Waals surface area contributed by atoms with Crippen LogP contribution in [0.1, 0.15) is 66.3 Å². The van der Waals surface area contributed by atoms with E-state index in [-0.39, 0.29) is 0 Å². The molecule has 0 unspecified atom stereocenters. The normalized spacial score (nSPS) is 12.7. The summed E-state index contributed by atoms with van der Waals surface area (Å²) in [6.07, 6.45) is 6.60. The smallest absolute Gasteiger partial charge is 0.227 e. The topological polar surface area (TPSA) is 41.1 Å². The van der Waals surface area contributed by atoms with Crippen LogP contribution in [0.3, 0.4) is 0 Å². The molecule has 1 heterocycles. The highest BCUT2D eigenvalue weighted by Gasteiger charge is 2.21. The number of rotatable bonds is 8. The molecule has 200 valence electrons. The zero-order chi connectivity index (χ0) is 27.5. The van der Waals surface area contributed by atoms with Crippen LogP contribution in [0.25, 0.3) is 23.1 Å². The van der Waals surface area contributed by atoms with E-state index < -0.39 is 0 Å². The van der Waals surface area contributed by atoms with Crippen molar-refractivity contribution in [3.8, 4) is 0 Å². The molecule has 40 heavy (non-hydrogen) atoms. The second-order valence-electron chi connectivity index (χ2n) is 11.0. The van der Waals surface area contributed by atoms with E-state index in [1.54, 1.807) is 0 Å². The summed E-state index contributed by atoms with van der Waals surface area (Å²) in [6.45, 7) is 5.31. The first-order valence-corrected chi connectivity index (χ1v) is 14.3. The SMILES string of the molecule is CC(C)c1ccccc1Nc1nc(N(C)CCCC2c3ccccc3C=Cc3ccccc32)nc2ccccc12. The van der Waals surface area contributed by atoms with Crippen molar-refractivity contribution in [3.63, 3.8) is 0 Å². The molecular weight excluding hydrogens is 488 g/mol. The van der Waals surface area contributed by atoms with Crippen molar-refractivity contribution < 1.29 is 0 Å². The van der Waals surface area contributed by atoms with Gasteiger partial charge in [-0.15, -0.1) is 0 Å². The van der Waals surface area contributed by atoms with Crippen LogP contribution in [0, 0.1) is 0 Å². The fraction of sp³-hybridized carbons (Fsp3) is 0.222. The molecule has 1 aromatic heterocycles. The zero-order valence-corrected chi connectivity index (χ0v) is 23.5.